The topological polar surface area (TPSA) is 170 Å². The van der Waals surface area contributed by atoms with Gasteiger partial charge in [-0.3, -0.25) is 0 Å². The first-order valence-electron chi connectivity index (χ1n) is 9.84. The number of amides is 2. The summed E-state index contributed by atoms with van der Waals surface area (Å²) in [5, 5.41) is 0.551. The average Bonchev–Trinajstić information content (AvgIpc) is 3.34. The summed E-state index contributed by atoms with van der Waals surface area (Å²) in [7, 11) is 2.46. The molecule has 0 fully saturated rings. The molecule has 2 aromatic rings. The molecule has 0 aromatic carbocycles. The lowest BCUT2D eigenvalue weighted by atomic mass is 10.2. The van der Waals surface area contributed by atoms with Gasteiger partial charge in [-0.15, -0.1) is 5.01 Å². The number of rotatable bonds is 3. The molecular weight excluding hydrogens is 452 g/mol. The fraction of sp³-hybridized carbons (Fsp3) is 0.500. The molecule has 0 bridgehead atoms. The van der Waals surface area contributed by atoms with E-state index in [4.69, 9.17) is 15.3 Å². The molecule has 0 aliphatic heterocycles. The van der Waals surface area contributed by atoms with Crippen LogP contribution in [-0.2, 0) is 18.9 Å². The maximum Gasteiger partial charge on any atom is 0.439 e. The van der Waals surface area contributed by atoms with Crippen LogP contribution in [0.4, 0.5) is 9.59 Å². The van der Waals surface area contributed by atoms with Crippen LogP contribution >= 0.6 is 0 Å². The van der Waals surface area contributed by atoms with Gasteiger partial charge in [-0.25, -0.2) is 38.5 Å². The third-order valence-corrected chi connectivity index (χ3v) is 3.42. The molecule has 2 N–H and O–H groups in total. The fourth-order valence-corrected chi connectivity index (χ4v) is 2.13. The summed E-state index contributed by atoms with van der Waals surface area (Å²) < 4.78 is 21.5. The summed E-state index contributed by atoms with van der Waals surface area (Å²) in [4.78, 5) is 54.8. The first-order chi connectivity index (χ1) is 15.6. The van der Waals surface area contributed by atoms with Crippen LogP contribution in [0.15, 0.2) is 25.0 Å². The van der Waals surface area contributed by atoms with Gasteiger partial charge in [0.15, 0.2) is 11.4 Å². The number of nitrogen functional groups attached to an aromatic ring is 1. The van der Waals surface area contributed by atoms with E-state index in [9.17, 15) is 19.2 Å². The van der Waals surface area contributed by atoms with E-state index in [1.54, 1.807) is 41.5 Å². The van der Waals surface area contributed by atoms with Gasteiger partial charge in [0.25, 0.3) is 0 Å². The summed E-state index contributed by atoms with van der Waals surface area (Å²) in [6.07, 6.45) is 2.91. The summed E-state index contributed by atoms with van der Waals surface area (Å²) in [5.41, 5.74) is -1.61. The predicted octanol–water partition coefficient (Wildman–Crippen LogP) is 1.86. The normalized spacial score (nSPS) is 10.9. The molecule has 34 heavy (non-hydrogen) atoms. The van der Waals surface area contributed by atoms with Crippen molar-refractivity contribution in [2.24, 2.45) is 0 Å². The van der Waals surface area contributed by atoms with Crippen LogP contribution in [0.2, 0.25) is 0 Å². The number of carbonyl (C=O) groups is 4. The highest BCUT2D eigenvalue weighted by molar-refractivity contribution is 6.03. The molecular formula is C20H30N6O8. The van der Waals surface area contributed by atoms with Crippen molar-refractivity contribution in [3.63, 3.8) is 0 Å². The Morgan fingerprint density at radius 2 is 1.21 bits per heavy atom. The Kier molecular flexibility index (Phi) is 9.17. The van der Waals surface area contributed by atoms with Crippen LogP contribution in [-0.4, -0.2) is 68.9 Å². The van der Waals surface area contributed by atoms with E-state index in [1.165, 1.54) is 26.7 Å². The number of aromatic nitrogens is 4. The number of ether oxygens (including phenoxy) is 4. The fourth-order valence-electron chi connectivity index (χ4n) is 2.13. The van der Waals surface area contributed by atoms with Crippen molar-refractivity contribution in [3.05, 3.63) is 36.4 Å². The molecule has 2 heterocycles. The van der Waals surface area contributed by atoms with Gasteiger partial charge in [0.2, 0.25) is 0 Å². The Balaban J connectivity index is 0.000000479. The summed E-state index contributed by atoms with van der Waals surface area (Å²) >= 11 is 0. The molecule has 2 rings (SSSR count). The Morgan fingerprint density at radius 3 is 1.59 bits per heavy atom. The number of methoxy groups -OCH3 is 2. The molecule has 0 atom stereocenters. The lowest BCUT2D eigenvalue weighted by Gasteiger charge is -2.29. The molecule has 0 aliphatic rings. The lowest BCUT2D eigenvalue weighted by molar-refractivity contribution is 0.0363. The highest BCUT2D eigenvalue weighted by Gasteiger charge is 2.35. The van der Waals surface area contributed by atoms with Crippen molar-refractivity contribution in [1.82, 2.24) is 19.3 Å². The van der Waals surface area contributed by atoms with Crippen molar-refractivity contribution >= 4 is 24.1 Å². The predicted molar refractivity (Wildman–Crippen MR) is 118 cm³/mol. The van der Waals surface area contributed by atoms with Gasteiger partial charge in [0, 0.05) is 0 Å². The second-order valence-electron chi connectivity index (χ2n) is 8.57. The van der Waals surface area contributed by atoms with Gasteiger partial charge in [-0.2, -0.15) is 0 Å². The molecule has 0 aliphatic carbocycles. The number of nitrogens with two attached hydrogens (primary N) is 1. The van der Waals surface area contributed by atoms with Crippen molar-refractivity contribution in [1.29, 1.82) is 0 Å². The molecule has 0 saturated carbocycles. The van der Waals surface area contributed by atoms with E-state index in [0.717, 1.165) is 21.9 Å². The van der Waals surface area contributed by atoms with Crippen LogP contribution in [0.1, 0.15) is 62.5 Å². The lowest BCUT2D eigenvalue weighted by Crippen LogP contribution is -2.50. The van der Waals surface area contributed by atoms with Crippen molar-refractivity contribution < 1.29 is 38.1 Å². The standard InChI is InChI=1S/C15H23N3O6.C5H7N3O2/c1-14(2,3)23-12(20)18(13(21)24-15(4,5)6)17-9-16-8-10(17)11(19)22-7;1-10-5(9)4-2-7-3-8(4)6/h8-9H,1-7H3;2-3H,6H2,1H3. The van der Waals surface area contributed by atoms with Crippen molar-refractivity contribution in [2.75, 3.05) is 25.1 Å². The zero-order valence-electron chi connectivity index (χ0n) is 20.4. The Hall–Kier alpha value is -4.10. The van der Waals surface area contributed by atoms with E-state index >= 15 is 0 Å². The minimum absolute atomic E-state index is 0.130. The van der Waals surface area contributed by atoms with Crippen LogP contribution in [0.25, 0.3) is 0 Å². The van der Waals surface area contributed by atoms with Crippen LogP contribution < -0.4 is 10.9 Å². The van der Waals surface area contributed by atoms with E-state index in [1.807, 2.05) is 0 Å². The minimum Gasteiger partial charge on any atom is -0.464 e. The van der Waals surface area contributed by atoms with E-state index in [-0.39, 0.29) is 11.4 Å². The van der Waals surface area contributed by atoms with Gasteiger partial charge in [-0.1, -0.05) is 0 Å². The molecule has 0 unspecified atom stereocenters. The van der Waals surface area contributed by atoms with Crippen LogP contribution in [0.3, 0.4) is 0 Å². The number of imidazole rings is 2. The average molecular weight is 482 g/mol. The van der Waals surface area contributed by atoms with Gasteiger partial charge >= 0.3 is 24.1 Å². The van der Waals surface area contributed by atoms with Gasteiger partial charge in [0.1, 0.15) is 23.9 Å². The maximum absolute atomic E-state index is 12.4. The third-order valence-electron chi connectivity index (χ3n) is 3.42. The summed E-state index contributed by atoms with van der Waals surface area (Å²) in [6, 6.07) is 0. The molecule has 188 valence electrons. The molecule has 0 saturated heterocycles. The van der Waals surface area contributed by atoms with Gasteiger partial charge < -0.3 is 24.8 Å². The number of esters is 2. The maximum atomic E-state index is 12.4. The largest absolute Gasteiger partial charge is 0.464 e. The number of hydrogen-bond donors (Lipinski definition) is 1. The Bertz CT molecular complexity index is 987. The van der Waals surface area contributed by atoms with E-state index < -0.39 is 35.3 Å². The smallest absolute Gasteiger partial charge is 0.439 e. The Labute approximate surface area is 196 Å². The zero-order valence-corrected chi connectivity index (χ0v) is 20.4. The van der Waals surface area contributed by atoms with Gasteiger partial charge in [0.05, 0.1) is 26.6 Å². The second kappa shape index (κ2) is 11.2. The molecule has 0 radical (unpaired) electrons. The number of carbonyl (C=O) groups excluding carboxylic acids is 4. The van der Waals surface area contributed by atoms with Crippen LogP contribution in [0, 0.1) is 0 Å². The molecule has 0 spiro atoms. The van der Waals surface area contributed by atoms with E-state index in [0.29, 0.717) is 5.01 Å². The zero-order chi connectivity index (χ0) is 26.3. The van der Waals surface area contributed by atoms with Crippen molar-refractivity contribution in [3.8, 4) is 0 Å². The number of nitrogens with zero attached hydrogens (tertiary/aromatic N) is 5. The first kappa shape index (κ1) is 27.9. The summed E-state index contributed by atoms with van der Waals surface area (Å²) in [6.45, 7) is 9.88. The first-order valence-corrected chi connectivity index (χ1v) is 9.84. The number of hydrogen-bond acceptors (Lipinski definition) is 11. The van der Waals surface area contributed by atoms with Crippen molar-refractivity contribution in [2.45, 2.75) is 52.7 Å². The minimum atomic E-state index is -1.01. The second-order valence-corrected chi connectivity index (χ2v) is 8.57. The summed E-state index contributed by atoms with van der Waals surface area (Å²) in [5.74, 6) is 4.01. The highest BCUT2D eigenvalue weighted by Crippen LogP contribution is 2.15. The highest BCUT2D eigenvalue weighted by atomic mass is 16.6. The SMILES string of the molecule is COC(=O)c1cncn1N.COC(=O)c1cncn1N(C(=O)OC(C)(C)C)C(=O)OC(C)(C)C. The van der Waals surface area contributed by atoms with Crippen LogP contribution in [0.5, 0.6) is 0 Å². The Morgan fingerprint density at radius 1 is 0.794 bits per heavy atom. The number of imide groups is 1. The molecule has 14 nitrogen and oxygen atoms in total. The monoisotopic (exact) mass is 482 g/mol. The quantitative estimate of drug-likeness (QED) is 0.385. The molecule has 14 heteroatoms. The molecule has 2 amide bonds. The van der Waals surface area contributed by atoms with E-state index in [2.05, 4.69) is 19.4 Å². The third kappa shape index (κ3) is 8.11. The molecule has 2 aromatic heterocycles. The van der Waals surface area contributed by atoms with Gasteiger partial charge in [-0.05, 0) is 41.5 Å².